The fourth-order valence-corrected chi connectivity index (χ4v) is 3.45. The molecule has 1 aromatic carbocycles. The molecule has 1 amide bonds. The van der Waals surface area contributed by atoms with E-state index < -0.39 is 0 Å². The van der Waals surface area contributed by atoms with Crippen LogP contribution in [0.4, 0.5) is 5.69 Å². The van der Waals surface area contributed by atoms with Gasteiger partial charge in [0.1, 0.15) is 0 Å². The largest absolute Gasteiger partial charge is 0.270 e. The van der Waals surface area contributed by atoms with Crippen LogP contribution in [0, 0.1) is 0 Å². The van der Waals surface area contributed by atoms with E-state index in [0.717, 1.165) is 15.7 Å². The molecule has 0 saturated carbocycles. The first-order valence-corrected chi connectivity index (χ1v) is 8.10. The van der Waals surface area contributed by atoms with Crippen molar-refractivity contribution in [2.75, 3.05) is 4.90 Å². The highest BCUT2D eigenvalue weighted by molar-refractivity contribution is 9.10. The first-order chi connectivity index (χ1) is 10.1. The van der Waals surface area contributed by atoms with Gasteiger partial charge in [0, 0.05) is 16.9 Å². The van der Waals surface area contributed by atoms with Gasteiger partial charge in [0.2, 0.25) is 0 Å². The van der Waals surface area contributed by atoms with Crippen LogP contribution in [-0.2, 0) is 4.79 Å². The number of halogens is 1. The Kier molecular flexibility index (Phi) is 4.19. The Balaban J connectivity index is 1.92. The van der Waals surface area contributed by atoms with Crippen LogP contribution < -0.4 is 4.90 Å². The van der Waals surface area contributed by atoms with E-state index in [0.29, 0.717) is 9.23 Å². The van der Waals surface area contributed by atoms with Crippen LogP contribution in [0.1, 0.15) is 5.56 Å². The fourth-order valence-electron chi connectivity index (χ4n) is 1.89. The molecule has 104 valence electrons. The molecule has 2 heterocycles. The molecule has 21 heavy (non-hydrogen) atoms. The van der Waals surface area contributed by atoms with Crippen LogP contribution in [0.15, 0.2) is 58.2 Å². The summed E-state index contributed by atoms with van der Waals surface area (Å²) in [4.78, 5) is 18.7. The highest BCUT2D eigenvalue weighted by Crippen LogP contribution is 2.36. The quantitative estimate of drug-likeness (QED) is 0.579. The van der Waals surface area contributed by atoms with Crippen LogP contribution in [0.25, 0.3) is 6.08 Å². The van der Waals surface area contributed by atoms with Crippen molar-refractivity contribution >= 4 is 61.9 Å². The number of carbonyl (C=O) groups is 1. The highest BCUT2D eigenvalue weighted by Gasteiger charge is 2.33. The summed E-state index contributed by atoms with van der Waals surface area (Å²) in [5.74, 6) is -0.0934. The number of anilines is 1. The summed E-state index contributed by atoms with van der Waals surface area (Å²) in [5.41, 5.74) is 1.71. The summed E-state index contributed by atoms with van der Waals surface area (Å²) < 4.78 is 1.51. The third-order valence-corrected chi connectivity index (χ3v) is 4.71. The van der Waals surface area contributed by atoms with Gasteiger partial charge in [0.25, 0.3) is 5.91 Å². The second kappa shape index (κ2) is 6.09. The average molecular weight is 377 g/mol. The van der Waals surface area contributed by atoms with Gasteiger partial charge in [0.15, 0.2) is 4.32 Å². The second-order valence-corrected chi connectivity index (χ2v) is 6.87. The first-order valence-electron chi connectivity index (χ1n) is 6.09. The third-order valence-electron chi connectivity index (χ3n) is 2.88. The monoisotopic (exact) mass is 376 g/mol. The van der Waals surface area contributed by atoms with Crippen LogP contribution in [0.2, 0.25) is 0 Å². The zero-order chi connectivity index (χ0) is 14.8. The molecule has 1 aliphatic heterocycles. The topological polar surface area (TPSA) is 33.2 Å². The fraction of sp³-hybridized carbons (Fsp3) is 0. The molecule has 3 rings (SSSR count). The number of rotatable bonds is 2. The number of aromatic nitrogens is 1. The molecule has 3 nitrogen and oxygen atoms in total. The van der Waals surface area contributed by atoms with Crippen LogP contribution in [-0.4, -0.2) is 15.2 Å². The molecule has 0 unspecified atom stereocenters. The van der Waals surface area contributed by atoms with Crippen molar-refractivity contribution in [3.05, 3.63) is 63.7 Å². The van der Waals surface area contributed by atoms with E-state index in [1.807, 2.05) is 42.5 Å². The van der Waals surface area contributed by atoms with Crippen molar-refractivity contribution in [3.63, 3.8) is 0 Å². The van der Waals surface area contributed by atoms with Gasteiger partial charge in [0.05, 0.1) is 10.6 Å². The smallest absolute Gasteiger partial charge is 0.268 e. The lowest BCUT2D eigenvalue weighted by atomic mass is 10.2. The number of benzene rings is 1. The highest BCUT2D eigenvalue weighted by atomic mass is 79.9. The van der Waals surface area contributed by atoms with E-state index in [1.54, 1.807) is 17.3 Å². The van der Waals surface area contributed by atoms with Crippen molar-refractivity contribution in [2.24, 2.45) is 0 Å². The molecule has 1 saturated heterocycles. The lowest BCUT2D eigenvalue weighted by Gasteiger charge is -2.14. The summed E-state index contributed by atoms with van der Waals surface area (Å²) in [7, 11) is 0. The van der Waals surface area contributed by atoms with Crippen molar-refractivity contribution in [1.82, 2.24) is 4.98 Å². The molecular weight excluding hydrogens is 368 g/mol. The van der Waals surface area contributed by atoms with E-state index in [1.165, 1.54) is 11.8 Å². The standard InChI is InChI=1S/C15H9BrN2OS2/c16-11-1-3-12(4-2-11)18-14(19)13(21-15(18)20)9-10-5-7-17-8-6-10/h1-9H/b13-9+. The molecule has 0 bridgehead atoms. The van der Waals surface area contributed by atoms with Gasteiger partial charge >= 0.3 is 0 Å². The third kappa shape index (κ3) is 3.07. The number of amides is 1. The summed E-state index contributed by atoms with van der Waals surface area (Å²) >= 11 is 10.0. The number of thioether (sulfide) groups is 1. The SMILES string of the molecule is O=C1/C(=C\c2ccncc2)SC(=S)N1c1ccc(Br)cc1. The van der Waals surface area contributed by atoms with E-state index in [4.69, 9.17) is 12.2 Å². The zero-order valence-corrected chi connectivity index (χ0v) is 13.9. The minimum atomic E-state index is -0.0934. The molecular formula is C15H9BrN2OS2. The minimum absolute atomic E-state index is 0.0934. The first kappa shape index (κ1) is 14.4. The lowest BCUT2D eigenvalue weighted by Crippen LogP contribution is -2.27. The Morgan fingerprint density at radius 3 is 2.48 bits per heavy atom. The Morgan fingerprint density at radius 2 is 1.81 bits per heavy atom. The molecule has 1 fully saturated rings. The Hall–Kier alpha value is -1.50. The van der Waals surface area contributed by atoms with Crippen molar-refractivity contribution in [1.29, 1.82) is 0 Å². The van der Waals surface area contributed by atoms with Crippen molar-refractivity contribution < 1.29 is 4.79 Å². The predicted octanol–water partition coefficient (Wildman–Crippen LogP) is 4.25. The van der Waals surface area contributed by atoms with E-state index >= 15 is 0 Å². The van der Waals surface area contributed by atoms with Gasteiger partial charge < -0.3 is 0 Å². The molecule has 0 aliphatic carbocycles. The normalized spacial score (nSPS) is 16.8. The molecule has 1 aliphatic rings. The van der Waals surface area contributed by atoms with E-state index in [2.05, 4.69) is 20.9 Å². The zero-order valence-electron chi connectivity index (χ0n) is 10.7. The Morgan fingerprint density at radius 1 is 1.14 bits per heavy atom. The molecule has 0 N–H and O–H groups in total. The Bertz CT molecular complexity index is 729. The molecule has 1 aromatic heterocycles. The van der Waals surface area contributed by atoms with E-state index in [9.17, 15) is 4.79 Å². The average Bonchev–Trinajstić information content (AvgIpc) is 2.76. The maximum atomic E-state index is 12.5. The summed E-state index contributed by atoms with van der Waals surface area (Å²) in [5, 5.41) is 0. The van der Waals surface area contributed by atoms with Crippen LogP contribution >= 0.6 is 39.9 Å². The number of hydrogen-bond donors (Lipinski definition) is 0. The number of pyridine rings is 1. The van der Waals surface area contributed by atoms with Gasteiger partial charge in [-0.1, -0.05) is 39.9 Å². The second-order valence-electron chi connectivity index (χ2n) is 4.27. The summed E-state index contributed by atoms with van der Waals surface area (Å²) in [6.45, 7) is 0. The molecule has 6 heteroatoms. The molecule has 0 spiro atoms. The maximum Gasteiger partial charge on any atom is 0.270 e. The van der Waals surface area contributed by atoms with Gasteiger partial charge in [-0.3, -0.25) is 14.7 Å². The van der Waals surface area contributed by atoms with Crippen molar-refractivity contribution in [2.45, 2.75) is 0 Å². The number of carbonyl (C=O) groups excluding carboxylic acids is 1. The number of nitrogens with zero attached hydrogens (tertiary/aromatic N) is 2. The summed E-state index contributed by atoms with van der Waals surface area (Å²) in [6, 6.07) is 11.2. The maximum absolute atomic E-state index is 12.5. The molecule has 0 radical (unpaired) electrons. The predicted molar refractivity (Wildman–Crippen MR) is 94.0 cm³/mol. The van der Waals surface area contributed by atoms with Gasteiger partial charge in [-0.15, -0.1) is 0 Å². The van der Waals surface area contributed by atoms with Gasteiger partial charge in [-0.2, -0.15) is 0 Å². The Labute approximate surface area is 140 Å². The molecule has 0 atom stereocenters. The van der Waals surface area contributed by atoms with E-state index in [-0.39, 0.29) is 5.91 Å². The summed E-state index contributed by atoms with van der Waals surface area (Å²) in [6.07, 6.45) is 5.22. The number of thiocarbonyl (C=S) groups is 1. The van der Waals surface area contributed by atoms with Gasteiger partial charge in [-0.05, 0) is 48.0 Å². The lowest BCUT2D eigenvalue weighted by molar-refractivity contribution is -0.113. The van der Waals surface area contributed by atoms with Gasteiger partial charge in [-0.25, -0.2) is 0 Å². The van der Waals surface area contributed by atoms with Crippen LogP contribution in [0.5, 0.6) is 0 Å². The number of hydrogen-bond acceptors (Lipinski definition) is 4. The van der Waals surface area contributed by atoms with Crippen molar-refractivity contribution in [3.8, 4) is 0 Å². The minimum Gasteiger partial charge on any atom is -0.268 e. The van der Waals surface area contributed by atoms with Crippen LogP contribution in [0.3, 0.4) is 0 Å². The molecule has 2 aromatic rings.